The Morgan fingerprint density at radius 2 is 2.07 bits per heavy atom. The van der Waals surface area contributed by atoms with E-state index in [1.807, 2.05) is 19.2 Å². The summed E-state index contributed by atoms with van der Waals surface area (Å²) in [5.74, 6) is 0.578. The van der Waals surface area contributed by atoms with Crippen molar-refractivity contribution in [2.24, 2.45) is 10.7 Å². The number of hydrogen-bond acceptors (Lipinski definition) is 3. The number of benzene rings is 1. The van der Waals surface area contributed by atoms with Crippen LogP contribution in [0.5, 0.6) is 0 Å². The lowest BCUT2D eigenvalue weighted by Gasteiger charge is -2.13. The molecule has 15 heavy (non-hydrogen) atoms. The third-order valence-electron chi connectivity index (χ3n) is 2.49. The van der Waals surface area contributed by atoms with Gasteiger partial charge in [-0.25, -0.2) is 0 Å². The zero-order chi connectivity index (χ0) is 10.8. The van der Waals surface area contributed by atoms with E-state index in [1.54, 1.807) is 12.1 Å². The van der Waals surface area contributed by atoms with Gasteiger partial charge in [-0.3, -0.25) is 9.79 Å². The lowest BCUT2D eigenvalue weighted by Crippen LogP contribution is -2.23. The number of amidine groups is 1. The molecule has 1 aromatic rings. The lowest BCUT2D eigenvalue weighted by molar-refractivity contribution is 0.100. The van der Waals surface area contributed by atoms with Crippen LogP contribution in [0.4, 0.5) is 0 Å². The van der Waals surface area contributed by atoms with Gasteiger partial charge in [0.2, 0.25) is 5.91 Å². The minimum Gasteiger partial charge on any atom is -0.366 e. The Morgan fingerprint density at radius 1 is 1.40 bits per heavy atom. The summed E-state index contributed by atoms with van der Waals surface area (Å²) in [6.45, 7) is 1.79. The molecule has 0 fully saturated rings. The molecule has 4 nitrogen and oxygen atoms in total. The van der Waals surface area contributed by atoms with E-state index in [0.717, 1.165) is 24.5 Å². The SMILES string of the molecule is CN1CCN=C1c1ccc(C(N)=O)cc1. The van der Waals surface area contributed by atoms with Crippen molar-refractivity contribution in [3.05, 3.63) is 35.4 Å². The van der Waals surface area contributed by atoms with Crippen molar-refractivity contribution < 1.29 is 4.79 Å². The van der Waals surface area contributed by atoms with E-state index in [1.165, 1.54) is 0 Å². The van der Waals surface area contributed by atoms with Gasteiger partial charge < -0.3 is 10.6 Å². The van der Waals surface area contributed by atoms with Gasteiger partial charge in [0.15, 0.2) is 0 Å². The smallest absolute Gasteiger partial charge is 0.248 e. The standard InChI is InChI=1S/C11H13N3O/c1-14-7-6-13-11(14)9-4-2-8(3-5-9)10(12)15/h2-5H,6-7H2,1H3,(H2,12,15). The Kier molecular flexibility index (Phi) is 2.41. The van der Waals surface area contributed by atoms with Gasteiger partial charge in [0, 0.05) is 24.7 Å². The molecule has 0 bridgehead atoms. The van der Waals surface area contributed by atoms with Crippen LogP contribution in [0, 0.1) is 0 Å². The summed E-state index contributed by atoms with van der Waals surface area (Å²) >= 11 is 0. The fourth-order valence-electron chi connectivity index (χ4n) is 1.63. The maximum atomic E-state index is 10.9. The monoisotopic (exact) mass is 203 g/mol. The Hall–Kier alpha value is -1.84. The number of rotatable bonds is 2. The Balaban J connectivity index is 2.27. The number of amides is 1. The molecule has 0 atom stereocenters. The largest absolute Gasteiger partial charge is 0.366 e. The molecule has 78 valence electrons. The van der Waals surface area contributed by atoms with Gasteiger partial charge in [-0.15, -0.1) is 0 Å². The van der Waals surface area contributed by atoms with Crippen LogP contribution in [0.25, 0.3) is 0 Å². The van der Waals surface area contributed by atoms with Crippen molar-refractivity contribution >= 4 is 11.7 Å². The normalized spacial score (nSPS) is 15.3. The second-order valence-corrected chi connectivity index (χ2v) is 3.57. The molecule has 1 amide bonds. The fourth-order valence-corrected chi connectivity index (χ4v) is 1.63. The molecule has 4 heteroatoms. The first-order valence-corrected chi connectivity index (χ1v) is 4.84. The summed E-state index contributed by atoms with van der Waals surface area (Å²) in [5.41, 5.74) is 6.72. The number of aliphatic imine (C=N–C) groups is 1. The molecule has 1 aromatic carbocycles. The molecular weight excluding hydrogens is 190 g/mol. The maximum absolute atomic E-state index is 10.9. The summed E-state index contributed by atoms with van der Waals surface area (Å²) in [4.78, 5) is 17.4. The second-order valence-electron chi connectivity index (χ2n) is 3.57. The van der Waals surface area contributed by atoms with Gasteiger partial charge in [0.1, 0.15) is 5.84 Å². The van der Waals surface area contributed by atoms with E-state index in [0.29, 0.717) is 5.56 Å². The predicted octanol–water partition coefficient (Wildman–Crippen LogP) is 0.477. The molecule has 2 N–H and O–H groups in total. The molecule has 0 saturated carbocycles. The first kappa shape index (κ1) is 9.71. The van der Waals surface area contributed by atoms with Crippen LogP contribution < -0.4 is 5.73 Å². The molecule has 0 radical (unpaired) electrons. The third-order valence-corrected chi connectivity index (χ3v) is 2.49. The number of primary amides is 1. The molecule has 0 aromatic heterocycles. The zero-order valence-electron chi connectivity index (χ0n) is 8.60. The number of nitrogens with zero attached hydrogens (tertiary/aromatic N) is 2. The highest BCUT2D eigenvalue weighted by atomic mass is 16.1. The van der Waals surface area contributed by atoms with Gasteiger partial charge >= 0.3 is 0 Å². The van der Waals surface area contributed by atoms with Crippen molar-refractivity contribution in [2.75, 3.05) is 20.1 Å². The zero-order valence-corrected chi connectivity index (χ0v) is 8.60. The van der Waals surface area contributed by atoms with Gasteiger partial charge in [-0.05, 0) is 12.1 Å². The molecular formula is C11H13N3O. The van der Waals surface area contributed by atoms with E-state index >= 15 is 0 Å². The molecule has 1 aliphatic rings. The van der Waals surface area contributed by atoms with Crippen molar-refractivity contribution in [1.29, 1.82) is 0 Å². The van der Waals surface area contributed by atoms with Gasteiger partial charge in [0.05, 0.1) is 6.54 Å². The minimum atomic E-state index is -0.400. The number of hydrogen-bond donors (Lipinski definition) is 1. The lowest BCUT2D eigenvalue weighted by atomic mass is 10.1. The molecule has 0 aliphatic carbocycles. The second kappa shape index (κ2) is 3.73. The number of likely N-dealkylation sites (N-methyl/N-ethyl adjacent to an activating group) is 1. The first-order valence-electron chi connectivity index (χ1n) is 4.84. The van der Waals surface area contributed by atoms with Gasteiger partial charge in [-0.2, -0.15) is 0 Å². The van der Waals surface area contributed by atoms with E-state index in [9.17, 15) is 4.79 Å². The Bertz CT molecular complexity index is 408. The van der Waals surface area contributed by atoms with Crippen LogP contribution in [-0.4, -0.2) is 36.8 Å². The topological polar surface area (TPSA) is 58.7 Å². The van der Waals surface area contributed by atoms with Crippen LogP contribution in [0.1, 0.15) is 15.9 Å². The fraction of sp³-hybridized carbons (Fsp3) is 0.273. The molecule has 0 saturated heterocycles. The Labute approximate surface area is 88.4 Å². The molecule has 1 aliphatic heterocycles. The van der Waals surface area contributed by atoms with Crippen LogP contribution in [0.3, 0.4) is 0 Å². The molecule has 0 unspecified atom stereocenters. The number of carbonyl (C=O) groups is 1. The highest BCUT2D eigenvalue weighted by Gasteiger charge is 2.14. The van der Waals surface area contributed by atoms with Crippen molar-refractivity contribution in [3.63, 3.8) is 0 Å². The number of carbonyl (C=O) groups excluding carboxylic acids is 1. The van der Waals surface area contributed by atoms with Crippen LogP contribution >= 0.6 is 0 Å². The van der Waals surface area contributed by atoms with Gasteiger partial charge in [-0.1, -0.05) is 12.1 Å². The molecule has 0 spiro atoms. The molecule has 2 rings (SSSR count). The van der Waals surface area contributed by atoms with Crippen LogP contribution in [-0.2, 0) is 0 Å². The summed E-state index contributed by atoms with van der Waals surface area (Å²) in [5, 5.41) is 0. The summed E-state index contributed by atoms with van der Waals surface area (Å²) in [6.07, 6.45) is 0. The maximum Gasteiger partial charge on any atom is 0.248 e. The van der Waals surface area contributed by atoms with Crippen LogP contribution in [0.2, 0.25) is 0 Å². The average Bonchev–Trinajstić information content (AvgIpc) is 2.65. The minimum absolute atomic E-state index is 0.400. The van der Waals surface area contributed by atoms with Crippen LogP contribution in [0.15, 0.2) is 29.3 Å². The van der Waals surface area contributed by atoms with Crippen molar-refractivity contribution in [3.8, 4) is 0 Å². The highest BCUT2D eigenvalue weighted by molar-refractivity contribution is 6.00. The van der Waals surface area contributed by atoms with Crippen molar-refractivity contribution in [2.45, 2.75) is 0 Å². The van der Waals surface area contributed by atoms with Gasteiger partial charge in [0.25, 0.3) is 0 Å². The predicted molar refractivity (Wildman–Crippen MR) is 59.0 cm³/mol. The third kappa shape index (κ3) is 1.83. The number of nitrogens with two attached hydrogens (primary N) is 1. The average molecular weight is 203 g/mol. The van der Waals surface area contributed by atoms with Crippen molar-refractivity contribution in [1.82, 2.24) is 4.90 Å². The quantitative estimate of drug-likeness (QED) is 0.760. The van der Waals surface area contributed by atoms with E-state index < -0.39 is 5.91 Å². The van der Waals surface area contributed by atoms with E-state index in [4.69, 9.17) is 5.73 Å². The highest BCUT2D eigenvalue weighted by Crippen LogP contribution is 2.10. The van der Waals surface area contributed by atoms with E-state index in [2.05, 4.69) is 9.89 Å². The summed E-state index contributed by atoms with van der Waals surface area (Å²) < 4.78 is 0. The summed E-state index contributed by atoms with van der Waals surface area (Å²) in [7, 11) is 2.01. The Morgan fingerprint density at radius 3 is 2.53 bits per heavy atom. The van der Waals surface area contributed by atoms with E-state index in [-0.39, 0.29) is 0 Å². The first-order chi connectivity index (χ1) is 7.18. The molecule has 1 heterocycles. The summed E-state index contributed by atoms with van der Waals surface area (Å²) in [6, 6.07) is 7.21.